The van der Waals surface area contributed by atoms with Gasteiger partial charge in [-0.2, -0.15) is 0 Å². The zero-order valence-corrected chi connectivity index (χ0v) is 21.5. The Morgan fingerprint density at radius 2 is 1.89 bits per heavy atom. The zero-order chi connectivity index (χ0) is 24.2. The average molecular weight is 475 g/mol. The molecule has 2 N–H and O–H groups in total. The van der Waals surface area contributed by atoms with Crippen LogP contribution in [0.3, 0.4) is 0 Å². The van der Waals surface area contributed by atoms with E-state index in [1.165, 1.54) is 24.0 Å². The Bertz CT molecular complexity index is 1050. The molecule has 188 valence electrons. The van der Waals surface area contributed by atoms with Crippen LogP contribution in [0, 0.1) is 29.1 Å². The summed E-state index contributed by atoms with van der Waals surface area (Å²) in [7, 11) is 0. The minimum absolute atomic E-state index is 0.0670. The van der Waals surface area contributed by atoms with Gasteiger partial charge in [0, 0.05) is 6.42 Å². The quantitative estimate of drug-likeness (QED) is 0.510. The second kappa shape index (κ2) is 8.92. The molecule has 4 aliphatic carbocycles. The fourth-order valence-corrected chi connectivity index (χ4v) is 9.13. The van der Waals surface area contributed by atoms with E-state index >= 15 is 0 Å². The van der Waals surface area contributed by atoms with E-state index in [1.54, 1.807) is 5.56 Å². The fourth-order valence-electron chi connectivity index (χ4n) is 9.13. The van der Waals surface area contributed by atoms with Crippen molar-refractivity contribution < 1.29 is 14.9 Å². The molecule has 2 aromatic rings. The van der Waals surface area contributed by atoms with Gasteiger partial charge < -0.3 is 14.9 Å². The highest BCUT2D eigenvalue weighted by Gasteiger charge is 2.67. The zero-order valence-electron chi connectivity index (χ0n) is 21.5. The summed E-state index contributed by atoms with van der Waals surface area (Å²) in [5.41, 5.74) is 3.47. The van der Waals surface area contributed by atoms with E-state index < -0.39 is 5.60 Å². The van der Waals surface area contributed by atoms with Gasteiger partial charge in [-0.05, 0) is 102 Å². The van der Waals surface area contributed by atoms with Crippen molar-refractivity contribution in [2.75, 3.05) is 0 Å². The first kappa shape index (κ1) is 23.6. The first-order chi connectivity index (χ1) is 16.9. The minimum Gasteiger partial charge on any atom is -0.489 e. The second-order valence-corrected chi connectivity index (χ2v) is 12.4. The van der Waals surface area contributed by atoms with Crippen LogP contribution in [0.4, 0.5) is 0 Å². The Labute approximate surface area is 210 Å². The van der Waals surface area contributed by atoms with Crippen LogP contribution < -0.4 is 4.74 Å². The number of aliphatic hydroxyl groups is 2. The lowest BCUT2D eigenvalue weighted by Gasteiger charge is -2.56. The number of hydrogen-bond donors (Lipinski definition) is 2. The summed E-state index contributed by atoms with van der Waals surface area (Å²) in [5, 5.41) is 22.5. The Kier molecular flexibility index (Phi) is 6.00. The van der Waals surface area contributed by atoms with E-state index in [2.05, 4.69) is 56.3 Å². The van der Waals surface area contributed by atoms with Gasteiger partial charge in [0.15, 0.2) is 0 Å². The van der Waals surface area contributed by atoms with Crippen molar-refractivity contribution in [2.24, 2.45) is 29.1 Å². The van der Waals surface area contributed by atoms with Crippen LogP contribution in [0.1, 0.15) is 87.8 Å². The molecule has 3 fully saturated rings. The molecule has 0 spiro atoms. The third-order valence-corrected chi connectivity index (χ3v) is 10.8. The average Bonchev–Trinajstić information content (AvgIpc) is 3.09. The molecule has 35 heavy (non-hydrogen) atoms. The van der Waals surface area contributed by atoms with Crippen LogP contribution in [0.2, 0.25) is 0 Å². The normalized spacial score (nSPS) is 39.8. The molecule has 4 aliphatic rings. The molecule has 0 bridgehead atoms. The van der Waals surface area contributed by atoms with Gasteiger partial charge in [0.05, 0.1) is 11.7 Å². The highest BCUT2D eigenvalue weighted by Crippen LogP contribution is 2.69. The highest BCUT2D eigenvalue weighted by atomic mass is 16.5. The van der Waals surface area contributed by atoms with Gasteiger partial charge in [-0.1, -0.05) is 63.1 Å². The summed E-state index contributed by atoms with van der Waals surface area (Å²) in [6.45, 7) is 5.31. The maximum absolute atomic E-state index is 12.1. The summed E-state index contributed by atoms with van der Waals surface area (Å²) >= 11 is 0. The van der Waals surface area contributed by atoms with E-state index in [9.17, 15) is 10.2 Å². The number of benzene rings is 2. The number of aliphatic hydroxyl groups excluding tert-OH is 1. The molecule has 2 aromatic carbocycles. The van der Waals surface area contributed by atoms with Gasteiger partial charge in [0.25, 0.3) is 0 Å². The molecule has 0 aromatic heterocycles. The number of hydrogen-bond acceptors (Lipinski definition) is 3. The van der Waals surface area contributed by atoms with Crippen molar-refractivity contribution in [3.8, 4) is 5.75 Å². The maximum Gasteiger partial charge on any atom is 0.120 e. The molecule has 8 atom stereocenters. The number of rotatable bonds is 5. The van der Waals surface area contributed by atoms with Crippen molar-refractivity contribution in [3.05, 3.63) is 65.2 Å². The number of fused-ring (bicyclic) bond motifs is 7. The second-order valence-electron chi connectivity index (χ2n) is 12.4. The van der Waals surface area contributed by atoms with Crippen molar-refractivity contribution in [1.82, 2.24) is 0 Å². The lowest BCUT2D eigenvalue weighted by Crippen LogP contribution is -2.56. The van der Waals surface area contributed by atoms with E-state index in [0.29, 0.717) is 42.6 Å². The minimum atomic E-state index is -0.688. The van der Waals surface area contributed by atoms with Crippen LogP contribution in [0.25, 0.3) is 0 Å². The molecule has 0 saturated heterocycles. The monoisotopic (exact) mass is 474 g/mol. The summed E-state index contributed by atoms with van der Waals surface area (Å²) in [6, 6.07) is 17.3. The molecule has 6 rings (SSSR count). The molecule has 0 unspecified atom stereocenters. The van der Waals surface area contributed by atoms with Crippen LogP contribution in [-0.2, 0) is 13.0 Å². The maximum atomic E-state index is 12.1. The van der Waals surface area contributed by atoms with Crippen molar-refractivity contribution >= 4 is 0 Å². The molecular formula is C32H42O3. The van der Waals surface area contributed by atoms with Gasteiger partial charge in [0.1, 0.15) is 12.4 Å². The van der Waals surface area contributed by atoms with Crippen molar-refractivity contribution in [1.29, 1.82) is 0 Å². The molecular weight excluding hydrogens is 432 g/mol. The van der Waals surface area contributed by atoms with E-state index in [4.69, 9.17) is 4.74 Å². The van der Waals surface area contributed by atoms with Gasteiger partial charge in [-0.15, -0.1) is 0 Å². The lowest BCUT2D eigenvalue weighted by atomic mass is 9.49. The smallest absolute Gasteiger partial charge is 0.120 e. The van der Waals surface area contributed by atoms with Gasteiger partial charge in [-0.3, -0.25) is 0 Å². The summed E-state index contributed by atoms with van der Waals surface area (Å²) in [5.74, 6) is 3.80. The van der Waals surface area contributed by atoms with Crippen LogP contribution in [0.5, 0.6) is 5.75 Å². The van der Waals surface area contributed by atoms with Crippen molar-refractivity contribution in [2.45, 2.75) is 95.9 Å². The van der Waals surface area contributed by atoms with Gasteiger partial charge in [-0.25, -0.2) is 0 Å². The van der Waals surface area contributed by atoms with Crippen molar-refractivity contribution in [3.63, 3.8) is 0 Å². The standard InChI is InChI=1S/C32H42O3/c1-3-7-22-16-23-17-26(35-20-21-8-5-4-6-9-21)12-13-27(23)28-14-15-31(2)29(30(22)28)18-24-10-11-25(33)19-32(24,31)34/h4-6,8-9,12-13,17,22,24-25,28-30,33-34H,3,7,10-11,14-16,18-20H2,1-2H3/t22-,24-,25+,28-,29+,30-,31+,32-/m1/s1. The largest absolute Gasteiger partial charge is 0.489 e. The predicted molar refractivity (Wildman–Crippen MR) is 139 cm³/mol. The first-order valence-electron chi connectivity index (χ1n) is 14.1. The summed E-state index contributed by atoms with van der Waals surface area (Å²) < 4.78 is 6.21. The first-order valence-corrected chi connectivity index (χ1v) is 14.1. The molecule has 3 nitrogen and oxygen atoms in total. The molecule has 0 radical (unpaired) electrons. The van der Waals surface area contributed by atoms with E-state index in [0.717, 1.165) is 44.3 Å². The van der Waals surface area contributed by atoms with Gasteiger partial charge >= 0.3 is 0 Å². The van der Waals surface area contributed by atoms with E-state index in [1.807, 2.05) is 6.07 Å². The summed E-state index contributed by atoms with van der Waals surface area (Å²) in [6.07, 6.45) is 9.06. The Hall–Kier alpha value is -1.84. The molecule has 0 aliphatic heterocycles. The molecule has 0 amide bonds. The Morgan fingerprint density at radius 1 is 1.06 bits per heavy atom. The fraction of sp³-hybridized carbons (Fsp3) is 0.625. The third-order valence-electron chi connectivity index (χ3n) is 10.8. The highest BCUT2D eigenvalue weighted by molar-refractivity contribution is 5.42. The molecule has 3 heteroatoms. The van der Waals surface area contributed by atoms with E-state index in [-0.39, 0.29) is 11.5 Å². The van der Waals surface area contributed by atoms with Crippen LogP contribution in [0.15, 0.2) is 48.5 Å². The summed E-state index contributed by atoms with van der Waals surface area (Å²) in [4.78, 5) is 0. The Balaban J connectivity index is 1.29. The van der Waals surface area contributed by atoms with Crippen LogP contribution >= 0.6 is 0 Å². The lowest BCUT2D eigenvalue weighted by molar-refractivity contribution is -0.160. The van der Waals surface area contributed by atoms with Crippen LogP contribution in [-0.4, -0.2) is 21.9 Å². The predicted octanol–water partition coefficient (Wildman–Crippen LogP) is 6.65. The topological polar surface area (TPSA) is 49.7 Å². The molecule has 0 heterocycles. The van der Waals surface area contributed by atoms with Gasteiger partial charge in [0.2, 0.25) is 0 Å². The SMILES string of the molecule is CCC[C@@H]1Cc2cc(OCc3ccccc3)ccc2[C@H]2CC[C@@]3(C)[C@@H](C[C@H]4CC[C@H](O)C[C@@]43O)[C@H]12. The molecule has 3 saturated carbocycles. The number of ether oxygens (including phenoxy) is 1. The Morgan fingerprint density at radius 3 is 2.69 bits per heavy atom. The third kappa shape index (κ3) is 3.76.